The minimum atomic E-state index is 0.0605. The Bertz CT molecular complexity index is 930. The number of nitrogens with zero attached hydrogens (tertiary/aromatic N) is 2. The number of oxime groups is 1. The van der Waals surface area contributed by atoms with Crippen molar-refractivity contribution in [2.45, 2.75) is 64.8 Å². The second kappa shape index (κ2) is 9.99. The van der Waals surface area contributed by atoms with Crippen LogP contribution in [0.15, 0.2) is 34.5 Å². The second-order valence-corrected chi connectivity index (χ2v) is 9.44. The average Bonchev–Trinajstić information content (AvgIpc) is 3.26. The third-order valence-electron chi connectivity index (χ3n) is 7.07. The smallest absolute Gasteiger partial charge is 0.231 e. The molecule has 0 spiro atoms. The van der Waals surface area contributed by atoms with Gasteiger partial charge in [0.25, 0.3) is 0 Å². The highest BCUT2D eigenvalue weighted by Gasteiger charge is 2.35. The highest BCUT2D eigenvalue weighted by atomic mass is 16.7. The van der Waals surface area contributed by atoms with E-state index in [1.54, 1.807) is 7.11 Å². The van der Waals surface area contributed by atoms with Crippen LogP contribution in [0.25, 0.3) is 0 Å². The third-order valence-corrected chi connectivity index (χ3v) is 7.07. The molecule has 0 unspecified atom stereocenters. The fourth-order valence-electron chi connectivity index (χ4n) is 5.22. The summed E-state index contributed by atoms with van der Waals surface area (Å²) in [6, 6.07) is 2.15. The first-order valence-corrected chi connectivity index (χ1v) is 11.7. The number of benzene rings is 1. The number of likely N-dealkylation sites (N-methyl/N-ethyl adjacent to an activating group) is 1. The summed E-state index contributed by atoms with van der Waals surface area (Å²) in [6.45, 7) is 5.47. The minimum Gasteiger partial charge on any atom is -0.492 e. The summed E-state index contributed by atoms with van der Waals surface area (Å²) in [6.07, 6.45) is 11.8. The van der Waals surface area contributed by atoms with Crippen molar-refractivity contribution in [3.63, 3.8) is 0 Å². The molecule has 32 heavy (non-hydrogen) atoms. The molecule has 1 aromatic rings. The zero-order valence-electron chi connectivity index (χ0n) is 19.8. The molecule has 6 heteroatoms. The van der Waals surface area contributed by atoms with Crippen LogP contribution in [0.1, 0.15) is 69.5 Å². The van der Waals surface area contributed by atoms with Crippen molar-refractivity contribution in [3.8, 4) is 17.2 Å². The van der Waals surface area contributed by atoms with Crippen LogP contribution in [0.5, 0.6) is 17.2 Å². The molecule has 0 amide bonds. The summed E-state index contributed by atoms with van der Waals surface area (Å²) in [4.78, 5) is 2.32. The zero-order valence-corrected chi connectivity index (χ0v) is 19.8. The largest absolute Gasteiger partial charge is 0.492 e. The lowest BCUT2D eigenvalue weighted by Crippen LogP contribution is -2.34. The van der Waals surface area contributed by atoms with Gasteiger partial charge in [0, 0.05) is 24.6 Å². The Labute approximate surface area is 191 Å². The predicted octanol–water partition coefficient (Wildman–Crippen LogP) is 5.65. The summed E-state index contributed by atoms with van der Waals surface area (Å²) in [5, 5.41) is 13.7. The van der Waals surface area contributed by atoms with Gasteiger partial charge in [0.05, 0.1) is 12.8 Å². The van der Waals surface area contributed by atoms with Crippen molar-refractivity contribution < 1.29 is 19.4 Å². The van der Waals surface area contributed by atoms with E-state index in [0.717, 1.165) is 61.4 Å². The maximum absolute atomic E-state index is 9.94. The van der Waals surface area contributed by atoms with Crippen molar-refractivity contribution >= 4 is 5.71 Å². The molecule has 6 nitrogen and oxygen atoms in total. The summed E-state index contributed by atoms with van der Waals surface area (Å²) in [7, 11) is 3.81. The van der Waals surface area contributed by atoms with Gasteiger partial charge >= 0.3 is 0 Å². The first-order valence-electron chi connectivity index (χ1n) is 11.7. The van der Waals surface area contributed by atoms with Gasteiger partial charge in [-0.1, -0.05) is 22.9 Å². The first kappa shape index (κ1) is 22.7. The van der Waals surface area contributed by atoms with E-state index in [2.05, 4.69) is 49.2 Å². The summed E-state index contributed by atoms with van der Waals surface area (Å²) < 4.78 is 17.2. The summed E-state index contributed by atoms with van der Waals surface area (Å²) in [5.41, 5.74) is 5.72. The number of fused-ring (bicyclic) bond motifs is 2. The standard InChI is InChI=1S/C26H36N2O4/c1-17(2)6-5-7-18-8-10-19(11-9-18)21(27-29)15-22-24-20(12-13-28(22)3)14-23-25(26(24)30-4)32-16-31-23/h6,10,14,18,22,29H,5,7-9,11-13,15-16H2,1-4H3/t18-,22+/m1/s1. The predicted molar refractivity (Wildman–Crippen MR) is 126 cm³/mol. The molecule has 3 aliphatic rings. The highest BCUT2D eigenvalue weighted by Crippen LogP contribution is 2.50. The molecular formula is C26H36N2O4. The lowest BCUT2D eigenvalue weighted by atomic mass is 9.82. The number of hydrogen-bond acceptors (Lipinski definition) is 6. The molecule has 4 rings (SSSR count). The van der Waals surface area contributed by atoms with Crippen molar-refractivity contribution in [1.82, 2.24) is 4.90 Å². The van der Waals surface area contributed by atoms with E-state index in [0.29, 0.717) is 18.1 Å². The third kappa shape index (κ3) is 4.65. The first-order chi connectivity index (χ1) is 15.5. The van der Waals surface area contributed by atoms with Gasteiger partial charge in [-0.05, 0) is 82.5 Å². The van der Waals surface area contributed by atoms with Crippen LogP contribution >= 0.6 is 0 Å². The number of rotatable bonds is 7. The number of methoxy groups -OCH3 is 1. The van der Waals surface area contributed by atoms with E-state index in [4.69, 9.17) is 14.2 Å². The summed E-state index contributed by atoms with van der Waals surface area (Å²) >= 11 is 0. The van der Waals surface area contributed by atoms with Gasteiger partial charge in [0.1, 0.15) is 0 Å². The molecule has 0 saturated carbocycles. The van der Waals surface area contributed by atoms with Gasteiger partial charge in [-0.2, -0.15) is 0 Å². The molecular weight excluding hydrogens is 404 g/mol. The molecule has 174 valence electrons. The molecule has 0 bridgehead atoms. The topological polar surface area (TPSA) is 63.5 Å². The van der Waals surface area contributed by atoms with E-state index < -0.39 is 0 Å². The zero-order chi connectivity index (χ0) is 22.7. The maximum Gasteiger partial charge on any atom is 0.231 e. The second-order valence-electron chi connectivity index (χ2n) is 9.44. The van der Waals surface area contributed by atoms with Gasteiger partial charge in [0.2, 0.25) is 12.5 Å². The molecule has 1 N–H and O–H groups in total. The van der Waals surface area contributed by atoms with E-state index in [1.807, 2.05) is 0 Å². The molecule has 0 radical (unpaired) electrons. The number of ether oxygens (including phenoxy) is 3. The maximum atomic E-state index is 9.94. The summed E-state index contributed by atoms with van der Waals surface area (Å²) in [5.74, 6) is 2.91. The molecule has 1 aromatic carbocycles. The van der Waals surface area contributed by atoms with Crippen LogP contribution in [0.3, 0.4) is 0 Å². The van der Waals surface area contributed by atoms with Crippen LogP contribution in [-0.2, 0) is 6.42 Å². The van der Waals surface area contributed by atoms with Crippen LogP contribution in [0.4, 0.5) is 0 Å². The van der Waals surface area contributed by atoms with Crippen LogP contribution in [0.2, 0.25) is 0 Å². The normalized spacial score (nSPS) is 22.9. The molecule has 2 heterocycles. The molecule has 2 atom stereocenters. The van der Waals surface area contributed by atoms with Crippen molar-refractivity contribution in [2.24, 2.45) is 11.1 Å². The fraction of sp³-hybridized carbons (Fsp3) is 0.577. The Balaban J connectivity index is 1.53. The molecule has 0 fully saturated rings. The van der Waals surface area contributed by atoms with Gasteiger partial charge in [-0.25, -0.2) is 0 Å². The lowest BCUT2D eigenvalue weighted by Gasteiger charge is -2.36. The molecule has 0 aromatic heterocycles. The van der Waals surface area contributed by atoms with Crippen LogP contribution in [0, 0.1) is 5.92 Å². The average molecular weight is 441 g/mol. The van der Waals surface area contributed by atoms with E-state index >= 15 is 0 Å². The van der Waals surface area contributed by atoms with Gasteiger partial charge in [0.15, 0.2) is 11.5 Å². The number of hydrogen-bond donors (Lipinski definition) is 1. The van der Waals surface area contributed by atoms with Crippen molar-refractivity contribution in [1.29, 1.82) is 0 Å². The quantitative estimate of drug-likeness (QED) is 0.257. The lowest BCUT2D eigenvalue weighted by molar-refractivity contribution is 0.170. The van der Waals surface area contributed by atoms with E-state index in [9.17, 15) is 5.21 Å². The Morgan fingerprint density at radius 1 is 1.31 bits per heavy atom. The van der Waals surface area contributed by atoms with Crippen LogP contribution < -0.4 is 14.2 Å². The van der Waals surface area contributed by atoms with E-state index in [1.165, 1.54) is 23.1 Å². The molecule has 2 aliphatic heterocycles. The fourth-order valence-corrected chi connectivity index (χ4v) is 5.22. The Morgan fingerprint density at radius 3 is 2.84 bits per heavy atom. The minimum absolute atomic E-state index is 0.0605. The Hall–Kier alpha value is -2.47. The monoisotopic (exact) mass is 440 g/mol. The Kier molecular flexibility index (Phi) is 7.09. The molecule has 0 saturated heterocycles. The number of allylic oxidation sites excluding steroid dienone is 4. The van der Waals surface area contributed by atoms with Gasteiger partial charge in [-0.15, -0.1) is 0 Å². The SMILES string of the molecule is COc1c2c(cc3c1[C@H](CC(=NO)C1=CC[C@@H](CCC=C(C)C)CC1)N(C)CC3)OCO2. The van der Waals surface area contributed by atoms with Crippen molar-refractivity contribution in [3.05, 3.63) is 40.5 Å². The molecule has 1 aliphatic carbocycles. The van der Waals surface area contributed by atoms with Crippen molar-refractivity contribution in [2.75, 3.05) is 27.5 Å². The Morgan fingerprint density at radius 2 is 2.16 bits per heavy atom. The van der Waals surface area contributed by atoms with Gasteiger partial charge < -0.3 is 19.4 Å². The van der Waals surface area contributed by atoms with Crippen LogP contribution in [-0.4, -0.2) is 43.3 Å². The van der Waals surface area contributed by atoms with E-state index in [-0.39, 0.29) is 12.8 Å². The highest BCUT2D eigenvalue weighted by molar-refractivity contribution is 6.00. The van der Waals surface area contributed by atoms with Gasteiger partial charge in [-0.3, -0.25) is 4.90 Å².